The van der Waals surface area contributed by atoms with Crippen molar-refractivity contribution in [1.82, 2.24) is 5.43 Å². The molecule has 1 heterocycles. The Morgan fingerprint density at radius 3 is 2.68 bits per heavy atom. The number of thiophene rings is 1. The first kappa shape index (κ1) is 15.5. The predicted molar refractivity (Wildman–Crippen MR) is 92.5 cm³/mol. The predicted octanol–water partition coefficient (Wildman–Crippen LogP) is 4.70. The van der Waals surface area contributed by atoms with Crippen molar-refractivity contribution >= 4 is 46.7 Å². The van der Waals surface area contributed by atoms with E-state index >= 15 is 0 Å². The van der Waals surface area contributed by atoms with Gasteiger partial charge in [-0.25, -0.2) is 5.43 Å². The number of nitrogens with one attached hydrogen (secondary N) is 1. The number of rotatable bonds is 3. The van der Waals surface area contributed by atoms with Gasteiger partial charge in [-0.15, -0.1) is 11.3 Å². The maximum atomic E-state index is 12.1. The highest BCUT2D eigenvalue weighted by Gasteiger charge is 2.16. The molecule has 0 bridgehead atoms. The highest BCUT2D eigenvalue weighted by Crippen LogP contribution is 2.29. The van der Waals surface area contributed by atoms with Crippen LogP contribution in [-0.4, -0.2) is 12.1 Å². The molecule has 0 radical (unpaired) electrons. The molecule has 0 unspecified atom stereocenters. The van der Waals surface area contributed by atoms with E-state index in [2.05, 4.69) is 10.5 Å². The third-order valence-electron chi connectivity index (χ3n) is 3.58. The Balaban J connectivity index is 1.69. The van der Waals surface area contributed by atoms with Gasteiger partial charge in [-0.3, -0.25) is 4.79 Å². The monoisotopic (exact) mass is 352 g/mol. The minimum absolute atomic E-state index is 0.196. The highest BCUT2D eigenvalue weighted by molar-refractivity contribution is 7.14. The number of carbonyl (C=O) groups is 1. The fourth-order valence-corrected chi connectivity index (χ4v) is 4.09. The molecular formula is C16H14Cl2N2OS. The number of halogens is 2. The van der Waals surface area contributed by atoms with Crippen LogP contribution in [-0.2, 0) is 12.8 Å². The van der Waals surface area contributed by atoms with Gasteiger partial charge in [-0.2, -0.15) is 5.10 Å². The zero-order valence-electron chi connectivity index (χ0n) is 11.7. The molecule has 1 aromatic heterocycles. The van der Waals surface area contributed by atoms with Crippen molar-refractivity contribution in [1.29, 1.82) is 0 Å². The van der Waals surface area contributed by atoms with Crippen molar-refractivity contribution in [3.8, 4) is 0 Å². The number of aryl methyl sites for hydroxylation is 2. The average molecular weight is 353 g/mol. The third-order valence-corrected chi connectivity index (χ3v) is 5.47. The van der Waals surface area contributed by atoms with Gasteiger partial charge in [0.1, 0.15) is 0 Å². The van der Waals surface area contributed by atoms with E-state index in [0.29, 0.717) is 20.5 Å². The largest absolute Gasteiger partial charge is 0.281 e. The fourth-order valence-electron chi connectivity index (χ4n) is 2.45. The zero-order valence-corrected chi connectivity index (χ0v) is 14.1. The van der Waals surface area contributed by atoms with Crippen LogP contribution in [0.4, 0.5) is 0 Å². The van der Waals surface area contributed by atoms with E-state index in [1.807, 2.05) is 6.07 Å². The molecule has 0 saturated heterocycles. The smallest absolute Gasteiger partial charge is 0.266 e. The maximum absolute atomic E-state index is 12.1. The first-order chi connectivity index (χ1) is 10.6. The Morgan fingerprint density at radius 2 is 1.95 bits per heavy atom. The van der Waals surface area contributed by atoms with Crippen LogP contribution in [0, 0.1) is 0 Å². The molecule has 114 valence electrons. The van der Waals surface area contributed by atoms with Crippen molar-refractivity contribution in [2.45, 2.75) is 25.7 Å². The van der Waals surface area contributed by atoms with Gasteiger partial charge >= 0.3 is 0 Å². The molecule has 1 aliphatic rings. The van der Waals surface area contributed by atoms with Crippen molar-refractivity contribution in [3.05, 3.63) is 55.2 Å². The molecule has 0 atom stereocenters. The van der Waals surface area contributed by atoms with E-state index in [1.165, 1.54) is 29.5 Å². The van der Waals surface area contributed by atoms with Gasteiger partial charge in [0.25, 0.3) is 5.91 Å². The van der Waals surface area contributed by atoms with Crippen LogP contribution in [0.25, 0.3) is 0 Å². The van der Waals surface area contributed by atoms with E-state index in [9.17, 15) is 4.79 Å². The second-order valence-electron chi connectivity index (χ2n) is 5.10. The number of amides is 1. The Labute approximate surface area is 142 Å². The lowest BCUT2D eigenvalue weighted by Gasteiger charge is -2.08. The lowest BCUT2D eigenvalue weighted by Crippen LogP contribution is -2.16. The van der Waals surface area contributed by atoms with E-state index in [1.54, 1.807) is 29.5 Å². The standard InChI is InChI=1S/C16H14Cl2N2OS/c17-12-5-3-6-13(18)11(12)9-19-20-16(21)15-8-10-4-1-2-7-14(10)22-15/h3,5-6,8-9H,1-2,4,7H2,(H,20,21). The molecule has 1 amide bonds. The summed E-state index contributed by atoms with van der Waals surface area (Å²) in [5.74, 6) is -0.196. The first-order valence-electron chi connectivity index (χ1n) is 7.04. The van der Waals surface area contributed by atoms with Gasteiger partial charge in [0.15, 0.2) is 0 Å². The Kier molecular flexibility index (Phi) is 4.81. The van der Waals surface area contributed by atoms with E-state index in [-0.39, 0.29) is 5.91 Å². The minimum atomic E-state index is -0.196. The third kappa shape index (κ3) is 3.35. The van der Waals surface area contributed by atoms with Crippen molar-refractivity contribution in [2.24, 2.45) is 5.10 Å². The molecule has 3 rings (SSSR count). The van der Waals surface area contributed by atoms with Gasteiger partial charge in [0.2, 0.25) is 0 Å². The summed E-state index contributed by atoms with van der Waals surface area (Å²) in [6.45, 7) is 0. The van der Waals surface area contributed by atoms with Gasteiger partial charge in [0.05, 0.1) is 21.1 Å². The van der Waals surface area contributed by atoms with Gasteiger partial charge in [-0.1, -0.05) is 29.3 Å². The Hall–Kier alpha value is -1.36. The number of carbonyl (C=O) groups excluding carboxylic acids is 1. The van der Waals surface area contributed by atoms with Gasteiger partial charge < -0.3 is 0 Å². The first-order valence-corrected chi connectivity index (χ1v) is 8.61. The van der Waals surface area contributed by atoms with Crippen LogP contribution >= 0.6 is 34.5 Å². The summed E-state index contributed by atoms with van der Waals surface area (Å²) >= 11 is 13.6. The normalized spacial score (nSPS) is 14.1. The van der Waals surface area contributed by atoms with E-state index in [4.69, 9.17) is 23.2 Å². The van der Waals surface area contributed by atoms with Crippen LogP contribution in [0.1, 0.15) is 38.5 Å². The number of hydrogen-bond donors (Lipinski definition) is 1. The molecule has 0 aliphatic heterocycles. The SMILES string of the molecule is O=C(NN=Cc1c(Cl)cccc1Cl)c1cc2c(s1)CCCC2. The van der Waals surface area contributed by atoms with Crippen molar-refractivity contribution in [3.63, 3.8) is 0 Å². The molecule has 1 N–H and O–H groups in total. The average Bonchev–Trinajstić information content (AvgIpc) is 2.94. The lowest BCUT2D eigenvalue weighted by atomic mass is 9.99. The summed E-state index contributed by atoms with van der Waals surface area (Å²) in [4.78, 5) is 14.2. The molecule has 0 spiro atoms. The quantitative estimate of drug-likeness (QED) is 0.631. The molecule has 3 nitrogen and oxygen atoms in total. The number of benzene rings is 1. The fraction of sp³-hybridized carbons (Fsp3) is 0.250. The van der Waals surface area contributed by atoms with Crippen LogP contribution in [0.5, 0.6) is 0 Å². The number of fused-ring (bicyclic) bond motifs is 1. The van der Waals surface area contributed by atoms with Crippen LogP contribution in [0.3, 0.4) is 0 Å². The molecule has 22 heavy (non-hydrogen) atoms. The molecular weight excluding hydrogens is 339 g/mol. The van der Waals surface area contributed by atoms with Crippen LogP contribution in [0.15, 0.2) is 29.4 Å². The summed E-state index contributed by atoms with van der Waals surface area (Å²) in [6, 6.07) is 7.19. The topological polar surface area (TPSA) is 41.5 Å². The molecule has 1 aliphatic carbocycles. The van der Waals surface area contributed by atoms with Crippen molar-refractivity contribution < 1.29 is 4.79 Å². The minimum Gasteiger partial charge on any atom is -0.266 e. The van der Waals surface area contributed by atoms with Crippen LogP contribution < -0.4 is 5.43 Å². The molecule has 2 aromatic rings. The maximum Gasteiger partial charge on any atom is 0.281 e. The number of hydrazone groups is 1. The second-order valence-corrected chi connectivity index (χ2v) is 7.05. The second kappa shape index (κ2) is 6.82. The molecule has 0 saturated carbocycles. The van der Waals surface area contributed by atoms with E-state index < -0.39 is 0 Å². The van der Waals surface area contributed by atoms with Gasteiger partial charge in [-0.05, 0) is 49.4 Å². The Morgan fingerprint density at radius 1 is 1.23 bits per heavy atom. The number of hydrogen-bond acceptors (Lipinski definition) is 3. The summed E-state index contributed by atoms with van der Waals surface area (Å²) in [5.41, 5.74) is 4.43. The highest BCUT2D eigenvalue weighted by atomic mass is 35.5. The molecule has 6 heteroatoms. The summed E-state index contributed by atoms with van der Waals surface area (Å²) in [7, 11) is 0. The van der Waals surface area contributed by atoms with Crippen LogP contribution in [0.2, 0.25) is 10.0 Å². The Bertz CT molecular complexity index is 696. The summed E-state index contributed by atoms with van der Waals surface area (Å²) in [5, 5.41) is 4.95. The summed E-state index contributed by atoms with van der Waals surface area (Å²) < 4.78 is 0. The molecule has 0 fully saturated rings. The lowest BCUT2D eigenvalue weighted by molar-refractivity contribution is 0.0959. The zero-order chi connectivity index (χ0) is 15.5. The summed E-state index contributed by atoms with van der Waals surface area (Å²) in [6.07, 6.45) is 6.02. The van der Waals surface area contributed by atoms with Gasteiger partial charge in [0, 0.05) is 10.4 Å². The van der Waals surface area contributed by atoms with E-state index in [0.717, 1.165) is 12.8 Å². The van der Waals surface area contributed by atoms with Crippen molar-refractivity contribution in [2.75, 3.05) is 0 Å². The number of nitrogens with zero attached hydrogens (tertiary/aromatic N) is 1. The molecule has 1 aromatic carbocycles.